The van der Waals surface area contributed by atoms with Gasteiger partial charge in [-0.2, -0.15) is 5.10 Å². The van der Waals surface area contributed by atoms with Gasteiger partial charge >= 0.3 is 0 Å². The standard InChI is InChI=1S/C14H15N3O3/c1-9-2-5-14(18)17(16-9)7-11(15)10-3-4-12-13(6-10)20-8-19-12/h2-6,11H,7-8,15H2,1H3. The Balaban J connectivity index is 1.84. The number of nitrogens with zero attached hydrogens (tertiary/aromatic N) is 2. The zero-order valence-corrected chi connectivity index (χ0v) is 11.1. The Morgan fingerprint density at radius 3 is 2.95 bits per heavy atom. The summed E-state index contributed by atoms with van der Waals surface area (Å²) < 4.78 is 12.0. The molecule has 0 amide bonds. The lowest BCUT2D eigenvalue weighted by atomic mass is 10.1. The molecule has 2 heterocycles. The highest BCUT2D eigenvalue weighted by Crippen LogP contribution is 2.33. The molecule has 0 radical (unpaired) electrons. The first kappa shape index (κ1) is 12.7. The zero-order valence-electron chi connectivity index (χ0n) is 11.1. The highest BCUT2D eigenvalue weighted by Gasteiger charge is 2.16. The van der Waals surface area contributed by atoms with E-state index in [0.29, 0.717) is 18.0 Å². The van der Waals surface area contributed by atoms with Crippen LogP contribution >= 0.6 is 0 Å². The molecule has 6 heteroatoms. The van der Waals surface area contributed by atoms with Crippen LogP contribution in [0.1, 0.15) is 17.3 Å². The van der Waals surface area contributed by atoms with Crippen molar-refractivity contribution in [1.29, 1.82) is 0 Å². The Morgan fingerprint density at radius 2 is 2.10 bits per heavy atom. The number of aromatic nitrogens is 2. The molecule has 104 valence electrons. The minimum Gasteiger partial charge on any atom is -0.454 e. The van der Waals surface area contributed by atoms with E-state index in [0.717, 1.165) is 11.3 Å². The van der Waals surface area contributed by atoms with Crippen LogP contribution in [-0.2, 0) is 6.54 Å². The van der Waals surface area contributed by atoms with E-state index in [1.54, 1.807) is 6.07 Å². The summed E-state index contributed by atoms with van der Waals surface area (Å²) in [5.74, 6) is 1.40. The van der Waals surface area contributed by atoms with Gasteiger partial charge in [-0.25, -0.2) is 4.68 Å². The van der Waals surface area contributed by atoms with E-state index in [-0.39, 0.29) is 18.4 Å². The maximum absolute atomic E-state index is 11.7. The number of hydrogen-bond acceptors (Lipinski definition) is 5. The van der Waals surface area contributed by atoms with Gasteiger partial charge in [0.25, 0.3) is 5.56 Å². The summed E-state index contributed by atoms with van der Waals surface area (Å²) in [4.78, 5) is 11.7. The molecule has 0 aliphatic carbocycles. The Labute approximate surface area is 115 Å². The summed E-state index contributed by atoms with van der Waals surface area (Å²) in [6.45, 7) is 2.38. The summed E-state index contributed by atoms with van der Waals surface area (Å²) in [5.41, 5.74) is 7.64. The summed E-state index contributed by atoms with van der Waals surface area (Å²) >= 11 is 0. The van der Waals surface area contributed by atoms with Crippen molar-refractivity contribution in [3.8, 4) is 11.5 Å². The van der Waals surface area contributed by atoms with Gasteiger partial charge in [-0.05, 0) is 30.7 Å². The van der Waals surface area contributed by atoms with E-state index in [9.17, 15) is 4.79 Å². The van der Waals surface area contributed by atoms with Crippen molar-refractivity contribution in [2.24, 2.45) is 5.73 Å². The average molecular weight is 273 g/mol. The first-order chi connectivity index (χ1) is 9.63. The van der Waals surface area contributed by atoms with E-state index in [2.05, 4.69) is 5.10 Å². The summed E-state index contributed by atoms with van der Waals surface area (Å²) in [6.07, 6.45) is 0. The molecule has 0 fully saturated rings. The van der Waals surface area contributed by atoms with Crippen molar-refractivity contribution in [1.82, 2.24) is 9.78 Å². The van der Waals surface area contributed by atoms with Crippen molar-refractivity contribution in [2.75, 3.05) is 6.79 Å². The first-order valence-corrected chi connectivity index (χ1v) is 6.33. The number of aryl methyl sites for hydroxylation is 1. The Morgan fingerprint density at radius 1 is 1.30 bits per heavy atom. The number of hydrogen-bond donors (Lipinski definition) is 1. The van der Waals surface area contributed by atoms with Gasteiger partial charge in [0.05, 0.1) is 12.2 Å². The molecule has 0 bridgehead atoms. The summed E-state index contributed by atoms with van der Waals surface area (Å²) in [6, 6.07) is 8.38. The van der Waals surface area contributed by atoms with Gasteiger partial charge in [0.2, 0.25) is 6.79 Å². The summed E-state index contributed by atoms with van der Waals surface area (Å²) in [7, 11) is 0. The van der Waals surface area contributed by atoms with Crippen LogP contribution in [0.2, 0.25) is 0 Å². The Hall–Kier alpha value is -2.34. The molecule has 1 unspecified atom stereocenters. The minimum atomic E-state index is -0.337. The average Bonchev–Trinajstić information content (AvgIpc) is 2.90. The number of benzene rings is 1. The minimum absolute atomic E-state index is 0.160. The molecule has 1 atom stereocenters. The van der Waals surface area contributed by atoms with Crippen LogP contribution in [-0.4, -0.2) is 16.6 Å². The molecular weight excluding hydrogens is 258 g/mol. The van der Waals surface area contributed by atoms with Crippen LogP contribution in [0.5, 0.6) is 11.5 Å². The van der Waals surface area contributed by atoms with Crippen LogP contribution < -0.4 is 20.8 Å². The number of ether oxygens (including phenoxy) is 2. The van der Waals surface area contributed by atoms with Crippen LogP contribution in [0.3, 0.4) is 0 Å². The predicted molar refractivity (Wildman–Crippen MR) is 72.7 cm³/mol. The molecule has 1 aromatic heterocycles. The zero-order chi connectivity index (χ0) is 14.1. The van der Waals surface area contributed by atoms with Crippen LogP contribution in [0.25, 0.3) is 0 Å². The number of fused-ring (bicyclic) bond motifs is 1. The number of nitrogens with two attached hydrogens (primary N) is 1. The lowest BCUT2D eigenvalue weighted by molar-refractivity contribution is 0.174. The van der Waals surface area contributed by atoms with E-state index < -0.39 is 0 Å². The molecule has 2 N–H and O–H groups in total. The van der Waals surface area contributed by atoms with Crippen LogP contribution in [0.4, 0.5) is 0 Å². The third kappa shape index (κ3) is 2.37. The van der Waals surface area contributed by atoms with Crippen LogP contribution in [0.15, 0.2) is 35.1 Å². The van der Waals surface area contributed by atoms with Gasteiger partial charge in [0, 0.05) is 12.1 Å². The smallest absolute Gasteiger partial charge is 0.266 e. The quantitative estimate of drug-likeness (QED) is 0.901. The topological polar surface area (TPSA) is 79.4 Å². The lowest BCUT2D eigenvalue weighted by Gasteiger charge is -2.13. The molecule has 3 rings (SSSR count). The van der Waals surface area contributed by atoms with Crippen LogP contribution in [0, 0.1) is 6.92 Å². The molecule has 1 aliphatic rings. The van der Waals surface area contributed by atoms with E-state index in [4.69, 9.17) is 15.2 Å². The van der Waals surface area contributed by atoms with E-state index >= 15 is 0 Å². The third-order valence-electron chi connectivity index (χ3n) is 3.19. The Bertz CT molecular complexity index is 696. The van der Waals surface area contributed by atoms with E-state index in [1.165, 1.54) is 10.7 Å². The molecule has 0 saturated heterocycles. The monoisotopic (exact) mass is 273 g/mol. The van der Waals surface area contributed by atoms with Crippen molar-refractivity contribution in [3.05, 3.63) is 51.9 Å². The second-order valence-corrected chi connectivity index (χ2v) is 4.71. The fourth-order valence-corrected chi connectivity index (χ4v) is 2.12. The maximum atomic E-state index is 11.7. The fraction of sp³-hybridized carbons (Fsp3) is 0.286. The lowest BCUT2D eigenvalue weighted by Crippen LogP contribution is -2.28. The van der Waals surface area contributed by atoms with Crippen molar-refractivity contribution in [3.63, 3.8) is 0 Å². The molecule has 0 spiro atoms. The SMILES string of the molecule is Cc1ccc(=O)n(CC(N)c2ccc3c(c2)OCO3)n1. The summed E-state index contributed by atoms with van der Waals surface area (Å²) in [5, 5.41) is 4.18. The van der Waals surface area contributed by atoms with Gasteiger partial charge in [-0.3, -0.25) is 4.79 Å². The second-order valence-electron chi connectivity index (χ2n) is 4.71. The van der Waals surface area contributed by atoms with Crippen molar-refractivity contribution >= 4 is 0 Å². The largest absolute Gasteiger partial charge is 0.454 e. The number of rotatable bonds is 3. The molecule has 6 nitrogen and oxygen atoms in total. The molecule has 2 aromatic rings. The first-order valence-electron chi connectivity index (χ1n) is 6.33. The van der Waals surface area contributed by atoms with Gasteiger partial charge in [0.1, 0.15) is 0 Å². The predicted octanol–water partition coefficient (Wildman–Crippen LogP) is 0.980. The highest BCUT2D eigenvalue weighted by molar-refractivity contribution is 5.45. The van der Waals surface area contributed by atoms with Crippen molar-refractivity contribution < 1.29 is 9.47 Å². The molecule has 1 aromatic carbocycles. The van der Waals surface area contributed by atoms with Gasteiger partial charge < -0.3 is 15.2 Å². The van der Waals surface area contributed by atoms with Crippen molar-refractivity contribution in [2.45, 2.75) is 19.5 Å². The normalized spacial score (nSPS) is 14.3. The maximum Gasteiger partial charge on any atom is 0.266 e. The Kier molecular flexibility index (Phi) is 3.15. The highest BCUT2D eigenvalue weighted by atomic mass is 16.7. The second kappa shape index (κ2) is 4.97. The molecule has 0 saturated carbocycles. The third-order valence-corrected chi connectivity index (χ3v) is 3.19. The molecule has 20 heavy (non-hydrogen) atoms. The van der Waals surface area contributed by atoms with Gasteiger partial charge in [0.15, 0.2) is 11.5 Å². The molecule has 1 aliphatic heterocycles. The molecular formula is C14H15N3O3. The van der Waals surface area contributed by atoms with Gasteiger partial charge in [-0.15, -0.1) is 0 Å². The van der Waals surface area contributed by atoms with Gasteiger partial charge in [-0.1, -0.05) is 6.07 Å². The fourth-order valence-electron chi connectivity index (χ4n) is 2.12. The van der Waals surface area contributed by atoms with E-state index in [1.807, 2.05) is 25.1 Å².